The number of benzene rings is 1. The van der Waals surface area contributed by atoms with Crippen LogP contribution in [0, 0.1) is 13.8 Å². The molecular weight excluding hydrogens is 326 g/mol. The van der Waals surface area contributed by atoms with Gasteiger partial charge in [-0.05, 0) is 55.5 Å². The lowest BCUT2D eigenvalue weighted by Crippen LogP contribution is -2.01. The van der Waals surface area contributed by atoms with Gasteiger partial charge >= 0.3 is 0 Å². The maximum Gasteiger partial charge on any atom is 0.225 e. The van der Waals surface area contributed by atoms with Gasteiger partial charge in [-0.25, -0.2) is 9.97 Å². The molecule has 1 N–H and O–H groups in total. The van der Waals surface area contributed by atoms with Gasteiger partial charge in [0.15, 0.2) is 0 Å². The summed E-state index contributed by atoms with van der Waals surface area (Å²) in [6.07, 6.45) is 0.965. The van der Waals surface area contributed by atoms with Gasteiger partial charge in [-0.1, -0.05) is 25.1 Å². The standard InChI is InChI=1S/C18H20ClN3S/c1-5-13-14(12-8-7-10(3)11(4)9-12)15-16(20-6-2)21-18(19)22-17(15)23-13/h7-9H,5-6H2,1-4H3,(H,20,21,22). The zero-order valence-electron chi connectivity index (χ0n) is 13.8. The van der Waals surface area contributed by atoms with Crippen LogP contribution in [0.1, 0.15) is 29.9 Å². The minimum atomic E-state index is 0.295. The third-order valence-corrected chi connectivity index (χ3v) is 5.46. The van der Waals surface area contributed by atoms with Crippen LogP contribution >= 0.6 is 22.9 Å². The Morgan fingerprint density at radius 3 is 2.57 bits per heavy atom. The van der Waals surface area contributed by atoms with Crippen LogP contribution in [-0.2, 0) is 6.42 Å². The molecule has 120 valence electrons. The molecule has 3 aromatic rings. The van der Waals surface area contributed by atoms with E-state index < -0.39 is 0 Å². The quantitative estimate of drug-likeness (QED) is 0.623. The van der Waals surface area contributed by atoms with Crippen molar-refractivity contribution >= 4 is 39.0 Å². The van der Waals surface area contributed by atoms with E-state index in [0.717, 1.165) is 29.0 Å². The number of nitrogens with one attached hydrogen (secondary N) is 1. The van der Waals surface area contributed by atoms with Crippen molar-refractivity contribution in [2.75, 3.05) is 11.9 Å². The fourth-order valence-corrected chi connectivity index (χ4v) is 4.12. The molecular formula is C18H20ClN3S. The third-order valence-electron chi connectivity index (χ3n) is 4.06. The molecule has 0 atom stereocenters. The molecule has 0 bridgehead atoms. The van der Waals surface area contributed by atoms with Crippen LogP contribution in [0.15, 0.2) is 18.2 Å². The Morgan fingerprint density at radius 1 is 1.13 bits per heavy atom. The van der Waals surface area contributed by atoms with Gasteiger partial charge in [0.05, 0.1) is 5.39 Å². The Labute approximate surface area is 145 Å². The summed E-state index contributed by atoms with van der Waals surface area (Å²) < 4.78 is 0. The number of hydrogen-bond acceptors (Lipinski definition) is 4. The van der Waals surface area contributed by atoms with E-state index in [1.807, 2.05) is 0 Å². The average molecular weight is 346 g/mol. The number of halogens is 1. The summed E-state index contributed by atoms with van der Waals surface area (Å²) >= 11 is 7.81. The number of anilines is 1. The normalized spacial score (nSPS) is 11.2. The van der Waals surface area contributed by atoms with Crippen LogP contribution in [0.5, 0.6) is 0 Å². The molecule has 23 heavy (non-hydrogen) atoms. The first-order chi connectivity index (χ1) is 11.0. The predicted molar refractivity (Wildman–Crippen MR) is 101 cm³/mol. The van der Waals surface area contributed by atoms with Crippen molar-refractivity contribution in [3.63, 3.8) is 0 Å². The van der Waals surface area contributed by atoms with Gasteiger partial charge in [-0.15, -0.1) is 11.3 Å². The van der Waals surface area contributed by atoms with Gasteiger partial charge in [0.2, 0.25) is 5.28 Å². The van der Waals surface area contributed by atoms with Crippen LogP contribution in [0.3, 0.4) is 0 Å². The monoisotopic (exact) mass is 345 g/mol. The molecule has 2 heterocycles. The first kappa shape index (κ1) is 16.2. The molecule has 0 amide bonds. The number of fused-ring (bicyclic) bond motifs is 1. The topological polar surface area (TPSA) is 37.8 Å². The highest BCUT2D eigenvalue weighted by molar-refractivity contribution is 7.19. The van der Waals surface area contributed by atoms with Crippen molar-refractivity contribution < 1.29 is 0 Å². The Balaban J connectivity index is 2.35. The average Bonchev–Trinajstić information content (AvgIpc) is 2.88. The van der Waals surface area contributed by atoms with Crippen LogP contribution in [0.25, 0.3) is 21.3 Å². The maximum absolute atomic E-state index is 6.10. The highest BCUT2D eigenvalue weighted by Crippen LogP contribution is 2.42. The summed E-state index contributed by atoms with van der Waals surface area (Å²) in [7, 11) is 0. The number of hydrogen-bond donors (Lipinski definition) is 1. The van der Waals surface area contributed by atoms with E-state index in [0.29, 0.717) is 5.28 Å². The van der Waals surface area contributed by atoms with E-state index >= 15 is 0 Å². The van der Waals surface area contributed by atoms with E-state index in [1.165, 1.54) is 27.1 Å². The molecule has 0 unspecified atom stereocenters. The van der Waals surface area contributed by atoms with Crippen molar-refractivity contribution in [2.24, 2.45) is 0 Å². The lowest BCUT2D eigenvalue weighted by atomic mass is 9.98. The zero-order valence-corrected chi connectivity index (χ0v) is 15.4. The Morgan fingerprint density at radius 2 is 1.91 bits per heavy atom. The van der Waals surface area contributed by atoms with Crippen LogP contribution in [0.4, 0.5) is 5.82 Å². The SMILES string of the molecule is CCNc1nc(Cl)nc2sc(CC)c(-c3ccc(C)c(C)c3)c12. The fraction of sp³-hybridized carbons (Fsp3) is 0.333. The lowest BCUT2D eigenvalue weighted by molar-refractivity contribution is 1.14. The third kappa shape index (κ3) is 2.93. The van der Waals surface area contributed by atoms with Crippen molar-refractivity contribution in [3.8, 4) is 11.1 Å². The molecule has 2 aromatic heterocycles. The molecule has 0 saturated carbocycles. The van der Waals surface area contributed by atoms with Crippen LogP contribution in [-0.4, -0.2) is 16.5 Å². The second-order valence-corrected chi connectivity index (χ2v) is 7.03. The molecule has 0 spiro atoms. The minimum absolute atomic E-state index is 0.295. The summed E-state index contributed by atoms with van der Waals surface area (Å²) in [5.74, 6) is 0.826. The van der Waals surface area contributed by atoms with Gasteiger partial charge in [-0.3, -0.25) is 0 Å². The van der Waals surface area contributed by atoms with Crippen molar-refractivity contribution in [1.29, 1.82) is 0 Å². The molecule has 0 saturated heterocycles. The summed E-state index contributed by atoms with van der Waals surface area (Å²) in [6.45, 7) is 9.32. The Bertz CT molecular complexity index is 870. The highest BCUT2D eigenvalue weighted by Gasteiger charge is 2.19. The number of thiophene rings is 1. The van der Waals surface area contributed by atoms with Gasteiger partial charge < -0.3 is 5.32 Å². The molecule has 1 aromatic carbocycles. The van der Waals surface area contributed by atoms with Gasteiger partial charge in [0.25, 0.3) is 0 Å². The molecule has 3 nitrogen and oxygen atoms in total. The fourth-order valence-electron chi connectivity index (χ4n) is 2.77. The molecule has 0 radical (unpaired) electrons. The summed E-state index contributed by atoms with van der Waals surface area (Å²) in [4.78, 5) is 11.1. The van der Waals surface area contributed by atoms with E-state index in [9.17, 15) is 0 Å². The van der Waals surface area contributed by atoms with E-state index in [-0.39, 0.29) is 0 Å². The minimum Gasteiger partial charge on any atom is -0.370 e. The molecule has 0 aliphatic rings. The summed E-state index contributed by atoms with van der Waals surface area (Å²) in [5, 5.41) is 4.72. The number of aromatic nitrogens is 2. The van der Waals surface area contributed by atoms with E-state index in [2.05, 4.69) is 61.2 Å². The Kier molecular flexibility index (Phi) is 4.55. The van der Waals surface area contributed by atoms with E-state index in [1.54, 1.807) is 11.3 Å². The van der Waals surface area contributed by atoms with Crippen molar-refractivity contribution in [3.05, 3.63) is 39.5 Å². The van der Waals surface area contributed by atoms with E-state index in [4.69, 9.17) is 11.6 Å². The smallest absolute Gasteiger partial charge is 0.225 e. The Hall–Kier alpha value is -1.65. The first-order valence-corrected chi connectivity index (χ1v) is 9.05. The molecule has 5 heteroatoms. The molecule has 0 aliphatic carbocycles. The lowest BCUT2D eigenvalue weighted by Gasteiger charge is -2.10. The van der Waals surface area contributed by atoms with Crippen molar-refractivity contribution in [2.45, 2.75) is 34.1 Å². The first-order valence-electron chi connectivity index (χ1n) is 7.85. The molecule has 0 fully saturated rings. The number of nitrogens with zero attached hydrogens (tertiary/aromatic N) is 2. The van der Waals surface area contributed by atoms with Crippen LogP contribution < -0.4 is 5.32 Å². The molecule has 3 rings (SSSR count). The largest absolute Gasteiger partial charge is 0.370 e. The number of aryl methyl sites for hydroxylation is 3. The molecule has 0 aliphatic heterocycles. The second kappa shape index (κ2) is 6.46. The van der Waals surface area contributed by atoms with Crippen LogP contribution in [0.2, 0.25) is 5.28 Å². The summed E-state index contributed by atoms with van der Waals surface area (Å²) in [6, 6.07) is 6.62. The highest BCUT2D eigenvalue weighted by atomic mass is 35.5. The maximum atomic E-state index is 6.10. The summed E-state index contributed by atoms with van der Waals surface area (Å²) in [5.41, 5.74) is 5.06. The number of rotatable bonds is 4. The van der Waals surface area contributed by atoms with Gasteiger partial charge in [0, 0.05) is 17.0 Å². The van der Waals surface area contributed by atoms with Gasteiger partial charge in [-0.2, -0.15) is 0 Å². The predicted octanol–water partition coefficient (Wildman–Crippen LogP) is 5.62. The zero-order chi connectivity index (χ0) is 16.6. The van der Waals surface area contributed by atoms with Crippen molar-refractivity contribution in [1.82, 2.24) is 9.97 Å². The second-order valence-electron chi connectivity index (χ2n) is 5.60. The van der Waals surface area contributed by atoms with Gasteiger partial charge in [0.1, 0.15) is 10.6 Å².